The number of nitrogens with one attached hydrogen (secondary N) is 2. The molecule has 8 rings (SSSR count). The summed E-state index contributed by atoms with van der Waals surface area (Å²) >= 11 is 0. The molecule has 19 heteroatoms. The minimum Gasteiger partial charge on any atom is -0.439 e. The quantitative estimate of drug-likeness (QED) is 0.0436. The zero-order valence-corrected chi connectivity index (χ0v) is 40.3. The summed E-state index contributed by atoms with van der Waals surface area (Å²) in [5.41, 5.74) is 0.345. The standard InChI is InChI=1S/C46H34N6O10S2.C6H15N/c53-63(54,55)39-27-33(47-41-29-43(59-35-13-5-1-6-14-35)51-45(49-41)61-37-17-9-3-10-18-37)25-23-31(39)21-22-32-24-26-34(28-40(32)64(56,57)58)48-42-30-44(60-36-15-7-2-8-16-36)52-46(50-42)62-38-19-11-4-12-20-38;1-4-7(5-2)6-3/h1-30H,(H,47,49,51)(H,48,50,52)(H,53,54,55)(H,56,57,58);4-6H2,1-3H3/b22-21+;. The van der Waals surface area contributed by atoms with Crippen LogP contribution in [0.1, 0.15) is 31.9 Å². The summed E-state index contributed by atoms with van der Waals surface area (Å²) in [6.07, 6.45) is 2.55. The van der Waals surface area contributed by atoms with Crippen molar-refractivity contribution in [2.24, 2.45) is 0 Å². The Labute approximate surface area is 412 Å². The molecule has 2 heterocycles. The van der Waals surface area contributed by atoms with Crippen LogP contribution in [0.4, 0.5) is 23.0 Å². The van der Waals surface area contributed by atoms with Crippen molar-refractivity contribution < 1.29 is 44.9 Å². The highest BCUT2D eigenvalue weighted by molar-refractivity contribution is 7.86. The van der Waals surface area contributed by atoms with Gasteiger partial charge in [0.1, 0.15) is 44.4 Å². The summed E-state index contributed by atoms with van der Waals surface area (Å²) < 4.78 is 95.1. The topological polar surface area (TPSA) is 225 Å². The summed E-state index contributed by atoms with van der Waals surface area (Å²) in [6.45, 7) is 10.1. The zero-order valence-electron chi connectivity index (χ0n) is 38.7. The second kappa shape index (κ2) is 23.9. The Bertz CT molecular complexity index is 2940. The first kappa shape index (κ1) is 50.7. The van der Waals surface area contributed by atoms with Crippen LogP contribution in [-0.4, -0.2) is 70.4 Å². The third-order valence-corrected chi connectivity index (χ3v) is 11.9. The third kappa shape index (κ3) is 15.1. The number of ether oxygens (including phenoxy) is 4. The molecule has 2 aromatic heterocycles. The highest BCUT2D eigenvalue weighted by Gasteiger charge is 2.19. The van der Waals surface area contributed by atoms with Gasteiger partial charge in [0.25, 0.3) is 20.2 Å². The SMILES string of the molecule is CCN(CC)CC.O=S(=O)(O)c1cc(Nc2cc(Oc3ccccc3)nc(Oc3ccccc3)n2)ccc1/C=C/c1ccc(Nc2cc(Oc3ccccc3)nc(Oc3ccccc3)n2)cc1S(=O)(=O)O. The fraction of sp³-hybridized carbons (Fsp3) is 0.115. The molecule has 364 valence electrons. The van der Waals surface area contributed by atoms with Crippen LogP contribution in [0.5, 0.6) is 46.8 Å². The van der Waals surface area contributed by atoms with E-state index in [1.807, 2.05) is 24.3 Å². The molecule has 8 aromatic rings. The van der Waals surface area contributed by atoms with E-state index < -0.39 is 30.0 Å². The van der Waals surface area contributed by atoms with E-state index in [0.717, 1.165) is 12.1 Å². The maximum Gasteiger partial charge on any atom is 0.327 e. The maximum atomic E-state index is 12.7. The van der Waals surface area contributed by atoms with Gasteiger partial charge in [0, 0.05) is 23.5 Å². The second-order valence-corrected chi connectivity index (χ2v) is 17.8. The van der Waals surface area contributed by atoms with Gasteiger partial charge < -0.3 is 34.5 Å². The largest absolute Gasteiger partial charge is 0.439 e. The Morgan fingerprint density at radius 3 is 1.07 bits per heavy atom. The highest BCUT2D eigenvalue weighted by Crippen LogP contribution is 2.32. The number of benzene rings is 6. The molecule has 0 saturated heterocycles. The lowest BCUT2D eigenvalue weighted by molar-refractivity contribution is 0.321. The minimum atomic E-state index is -4.86. The lowest BCUT2D eigenvalue weighted by Crippen LogP contribution is -2.21. The molecule has 0 unspecified atom stereocenters. The Hall–Kier alpha value is -8.20. The molecule has 4 N–H and O–H groups in total. The van der Waals surface area contributed by atoms with Gasteiger partial charge >= 0.3 is 12.0 Å². The first-order chi connectivity index (χ1) is 34.2. The molecule has 0 amide bonds. The van der Waals surface area contributed by atoms with Crippen LogP contribution in [0.25, 0.3) is 12.2 Å². The average molecular weight is 996 g/mol. The summed E-state index contributed by atoms with van der Waals surface area (Å²) in [6, 6.07) is 46.3. The predicted octanol–water partition coefficient (Wildman–Crippen LogP) is 11.9. The molecular formula is C52H49N7O10S2. The Morgan fingerprint density at radius 2 is 0.775 bits per heavy atom. The highest BCUT2D eigenvalue weighted by atomic mass is 32.2. The monoisotopic (exact) mass is 995 g/mol. The molecule has 6 aromatic carbocycles. The molecule has 0 atom stereocenters. The lowest BCUT2D eigenvalue weighted by atomic mass is 10.1. The third-order valence-electron chi connectivity index (χ3n) is 10.1. The molecular weight excluding hydrogens is 947 g/mol. The number of nitrogens with zero attached hydrogens (tertiary/aromatic N) is 5. The van der Waals surface area contributed by atoms with Crippen LogP contribution in [0.2, 0.25) is 0 Å². The van der Waals surface area contributed by atoms with Crippen molar-refractivity contribution in [3.8, 4) is 46.8 Å². The molecule has 71 heavy (non-hydrogen) atoms. The second-order valence-electron chi connectivity index (χ2n) is 15.1. The number of hydrogen-bond donors (Lipinski definition) is 4. The fourth-order valence-electron chi connectivity index (χ4n) is 6.63. The Kier molecular flexibility index (Phi) is 17.0. The van der Waals surface area contributed by atoms with Crippen LogP contribution >= 0.6 is 0 Å². The number of anilines is 4. The van der Waals surface area contributed by atoms with Crippen LogP contribution in [0, 0.1) is 0 Å². The summed E-state index contributed by atoms with van der Waals surface area (Å²) in [5, 5.41) is 6.00. The van der Waals surface area contributed by atoms with E-state index in [1.54, 1.807) is 97.1 Å². The van der Waals surface area contributed by atoms with E-state index >= 15 is 0 Å². The van der Waals surface area contributed by atoms with E-state index in [4.69, 9.17) is 18.9 Å². The zero-order chi connectivity index (χ0) is 50.2. The van der Waals surface area contributed by atoms with E-state index in [0.29, 0.717) is 23.0 Å². The van der Waals surface area contributed by atoms with E-state index in [1.165, 1.54) is 68.2 Å². The normalized spacial score (nSPS) is 11.4. The molecule has 0 aliphatic rings. The van der Waals surface area contributed by atoms with Crippen molar-refractivity contribution in [1.29, 1.82) is 0 Å². The van der Waals surface area contributed by atoms with Crippen LogP contribution in [0.3, 0.4) is 0 Å². The maximum absolute atomic E-state index is 12.7. The van der Waals surface area contributed by atoms with Gasteiger partial charge in [0.15, 0.2) is 0 Å². The van der Waals surface area contributed by atoms with Crippen LogP contribution < -0.4 is 29.6 Å². The van der Waals surface area contributed by atoms with Gasteiger partial charge in [-0.05, 0) is 104 Å². The lowest BCUT2D eigenvalue weighted by Gasteiger charge is -2.13. The van der Waals surface area contributed by atoms with Crippen molar-refractivity contribution in [3.63, 3.8) is 0 Å². The molecule has 0 spiro atoms. The molecule has 0 fully saturated rings. The summed E-state index contributed by atoms with van der Waals surface area (Å²) in [4.78, 5) is 18.8. The van der Waals surface area contributed by atoms with Crippen molar-refractivity contribution in [2.45, 2.75) is 30.6 Å². The molecule has 0 radical (unpaired) electrons. The first-order valence-corrected chi connectivity index (χ1v) is 25.0. The Morgan fingerprint density at radius 1 is 0.451 bits per heavy atom. The van der Waals surface area contributed by atoms with E-state index in [9.17, 15) is 25.9 Å². The van der Waals surface area contributed by atoms with Gasteiger partial charge in [0.05, 0.1) is 0 Å². The number of rotatable bonds is 19. The van der Waals surface area contributed by atoms with Crippen molar-refractivity contribution in [2.75, 3.05) is 30.3 Å². The molecule has 0 bridgehead atoms. The van der Waals surface area contributed by atoms with Gasteiger partial charge in [-0.2, -0.15) is 36.8 Å². The molecule has 17 nitrogen and oxygen atoms in total. The van der Waals surface area contributed by atoms with Gasteiger partial charge in [-0.25, -0.2) is 0 Å². The van der Waals surface area contributed by atoms with Crippen LogP contribution in [0.15, 0.2) is 180 Å². The number of hydrogen-bond acceptors (Lipinski definition) is 15. The van der Waals surface area contributed by atoms with E-state index in [-0.39, 0.29) is 57.9 Å². The Balaban J connectivity index is 0.000000985. The van der Waals surface area contributed by atoms with Gasteiger partial charge in [-0.15, -0.1) is 0 Å². The average Bonchev–Trinajstić information content (AvgIpc) is 3.35. The minimum absolute atomic E-state index is 0.0155. The predicted molar refractivity (Wildman–Crippen MR) is 272 cm³/mol. The number of aromatic nitrogens is 4. The van der Waals surface area contributed by atoms with E-state index in [2.05, 4.69) is 56.2 Å². The van der Waals surface area contributed by atoms with Crippen molar-refractivity contribution in [1.82, 2.24) is 24.8 Å². The van der Waals surface area contributed by atoms with Gasteiger partial charge in [-0.1, -0.05) is 118 Å². The van der Waals surface area contributed by atoms with Gasteiger partial charge in [0.2, 0.25) is 11.8 Å². The van der Waals surface area contributed by atoms with Crippen LogP contribution in [-0.2, 0) is 20.2 Å². The van der Waals surface area contributed by atoms with Gasteiger partial charge in [-0.3, -0.25) is 9.11 Å². The molecule has 0 aliphatic carbocycles. The number of para-hydroxylation sites is 4. The molecule has 0 aliphatic heterocycles. The first-order valence-electron chi connectivity index (χ1n) is 22.1. The fourth-order valence-corrected chi connectivity index (χ4v) is 8.05. The smallest absolute Gasteiger partial charge is 0.327 e. The molecule has 0 saturated carbocycles. The van der Waals surface area contributed by atoms with Crippen molar-refractivity contribution in [3.05, 3.63) is 181 Å². The summed E-state index contributed by atoms with van der Waals surface area (Å²) in [5.74, 6) is 2.42. The van der Waals surface area contributed by atoms with Crippen molar-refractivity contribution >= 4 is 55.4 Å². The summed E-state index contributed by atoms with van der Waals surface area (Å²) in [7, 11) is -9.72.